The summed E-state index contributed by atoms with van der Waals surface area (Å²) in [4.78, 5) is 1.32. The smallest absolute Gasteiger partial charge is 0.0244 e. The largest absolute Gasteiger partial charge is 0.121 e. The molecule has 0 aliphatic rings. The summed E-state index contributed by atoms with van der Waals surface area (Å²) in [7, 11) is 0. The Bertz CT molecular complexity index is 1180. The second-order valence-corrected chi connectivity index (χ2v) is 7.64. The van der Waals surface area contributed by atoms with Gasteiger partial charge in [-0.2, -0.15) is 0 Å². The minimum Gasteiger partial charge on any atom is -0.121 e. The van der Waals surface area contributed by atoms with Gasteiger partial charge in [0, 0.05) is 10.6 Å². The van der Waals surface area contributed by atoms with Gasteiger partial charge >= 0.3 is 0 Å². The van der Waals surface area contributed by atoms with Crippen molar-refractivity contribution in [3.8, 4) is 0 Å². The first-order chi connectivity index (χ1) is 12.9. The van der Waals surface area contributed by atoms with Crippen LogP contribution in [0.3, 0.4) is 0 Å². The van der Waals surface area contributed by atoms with Gasteiger partial charge in [-0.15, -0.1) is 11.8 Å². The molecule has 0 aliphatic heterocycles. The number of rotatable bonds is 3. The average molecular weight is 350 g/mol. The van der Waals surface area contributed by atoms with Gasteiger partial charge in [0.05, 0.1) is 0 Å². The highest BCUT2D eigenvalue weighted by molar-refractivity contribution is 7.98. The lowest BCUT2D eigenvalue weighted by atomic mass is 9.98. The first-order valence-electron chi connectivity index (χ1n) is 8.89. The third-order valence-electron chi connectivity index (χ3n) is 4.99. The fourth-order valence-electron chi connectivity index (χ4n) is 3.68. The summed E-state index contributed by atoms with van der Waals surface area (Å²) in [5.41, 5.74) is 1.43. The number of hydrogen-bond acceptors (Lipinski definition) is 1. The van der Waals surface area contributed by atoms with Crippen molar-refractivity contribution in [3.05, 3.63) is 103 Å². The topological polar surface area (TPSA) is 0 Å². The predicted molar refractivity (Wildman–Crippen MR) is 115 cm³/mol. The second kappa shape index (κ2) is 6.51. The average Bonchev–Trinajstić information content (AvgIpc) is 2.71. The van der Waals surface area contributed by atoms with Gasteiger partial charge in [-0.3, -0.25) is 0 Å². The van der Waals surface area contributed by atoms with Crippen molar-refractivity contribution >= 4 is 44.1 Å². The Morgan fingerprint density at radius 3 is 1.77 bits per heavy atom. The van der Waals surface area contributed by atoms with Crippen LogP contribution in [0.1, 0.15) is 5.56 Å². The molecule has 0 radical (unpaired) electrons. The van der Waals surface area contributed by atoms with E-state index in [0.717, 1.165) is 5.75 Å². The standard InChI is InChI=1S/C25H18S/c1-2-8-19-16-22(14-13-18(19)7-1)26-17-25-23-11-5-3-9-20(23)15-21-10-4-6-12-24(21)25/h1-16H,17H2. The van der Waals surface area contributed by atoms with Crippen molar-refractivity contribution in [2.24, 2.45) is 0 Å². The van der Waals surface area contributed by atoms with Crippen LogP contribution in [-0.2, 0) is 5.75 Å². The Hall–Kier alpha value is -2.77. The number of hydrogen-bond donors (Lipinski definition) is 0. The van der Waals surface area contributed by atoms with Crippen molar-refractivity contribution in [3.63, 3.8) is 0 Å². The molecule has 0 saturated carbocycles. The Morgan fingerprint density at radius 2 is 1.08 bits per heavy atom. The van der Waals surface area contributed by atoms with Crippen LogP contribution in [0.25, 0.3) is 32.3 Å². The van der Waals surface area contributed by atoms with Gasteiger partial charge in [-0.1, -0.05) is 78.9 Å². The zero-order valence-corrected chi connectivity index (χ0v) is 15.2. The first kappa shape index (κ1) is 15.5. The van der Waals surface area contributed by atoms with E-state index in [2.05, 4.69) is 97.1 Å². The quantitative estimate of drug-likeness (QED) is 0.241. The summed E-state index contributed by atoms with van der Waals surface area (Å²) >= 11 is 1.92. The lowest BCUT2D eigenvalue weighted by Gasteiger charge is -2.12. The van der Waals surface area contributed by atoms with Crippen molar-refractivity contribution in [1.82, 2.24) is 0 Å². The van der Waals surface area contributed by atoms with Crippen LogP contribution in [0.5, 0.6) is 0 Å². The van der Waals surface area contributed by atoms with Crippen LogP contribution < -0.4 is 0 Å². The van der Waals surface area contributed by atoms with Gasteiger partial charge in [0.25, 0.3) is 0 Å². The summed E-state index contributed by atoms with van der Waals surface area (Å²) in [6.07, 6.45) is 0. The highest BCUT2D eigenvalue weighted by atomic mass is 32.2. The van der Waals surface area contributed by atoms with Gasteiger partial charge in [-0.25, -0.2) is 0 Å². The van der Waals surface area contributed by atoms with E-state index >= 15 is 0 Å². The zero-order chi connectivity index (χ0) is 17.3. The molecule has 124 valence electrons. The first-order valence-corrected chi connectivity index (χ1v) is 9.88. The Balaban J connectivity index is 1.58. The molecule has 5 aromatic carbocycles. The minimum atomic E-state index is 0.972. The molecule has 0 N–H and O–H groups in total. The van der Waals surface area contributed by atoms with E-state index in [-0.39, 0.29) is 0 Å². The summed E-state index contributed by atoms with van der Waals surface area (Å²) in [5.74, 6) is 0.972. The maximum Gasteiger partial charge on any atom is 0.0244 e. The fourth-order valence-corrected chi connectivity index (χ4v) is 4.67. The Labute approximate surface area is 157 Å². The Morgan fingerprint density at radius 1 is 0.500 bits per heavy atom. The maximum absolute atomic E-state index is 2.30. The van der Waals surface area contributed by atoms with Gasteiger partial charge in [0.15, 0.2) is 0 Å². The Kier molecular flexibility index (Phi) is 3.88. The second-order valence-electron chi connectivity index (χ2n) is 6.60. The number of thioether (sulfide) groups is 1. The molecule has 0 saturated heterocycles. The molecule has 0 bridgehead atoms. The lowest BCUT2D eigenvalue weighted by Crippen LogP contribution is -1.88. The third-order valence-corrected chi connectivity index (χ3v) is 6.01. The number of fused-ring (bicyclic) bond motifs is 3. The minimum absolute atomic E-state index is 0.972. The lowest BCUT2D eigenvalue weighted by molar-refractivity contribution is 1.45. The number of benzene rings is 5. The van der Waals surface area contributed by atoms with Crippen LogP contribution in [0.4, 0.5) is 0 Å². The van der Waals surface area contributed by atoms with E-state index in [9.17, 15) is 0 Å². The van der Waals surface area contributed by atoms with Crippen molar-refractivity contribution in [2.45, 2.75) is 10.6 Å². The van der Waals surface area contributed by atoms with Gasteiger partial charge in [0.1, 0.15) is 0 Å². The maximum atomic E-state index is 2.30. The highest BCUT2D eigenvalue weighted by Crippen LogP contribution is 2.34. The summed E-state index contributed by atoms with van der Waals surface area (Å²) in [5, 5.41) is 7.97. The van der Waals surface area contributed by atoms with Crippen molar-refractivity contribution in [2.75, 3.05) is 0 Å². The van der Waals surface area contributed by atoms with E-state index in [4.69, 9.17) is 0 Å². The van der Waals surface area contributed by atoms with Crippen LogP contribution in [0, 0.1) is 0 Å². The predicted octanol–water partition coefficient (Wildman–Crippen LogP) is 7.44. The molecule has 5 rings (SSSR count). The van der Waals surface area contributed by atoms with Gasteiger partial charge < -0.3 is 0 Å². The SMILES string of the molecule is c1ccc2cc(SCc3c4ccccc4cc4ccccc34)ccc2c1. The monoisotopic (exact) mass is 350 g/mol. The van der Waals surface area contributed by atoms with Crippen LogP contribution in [0.15, 0.2) is 102 Å². The summed E-state index contributed by atoms with van der Waals surface area (Å²) in [6.45, 7) is 0. The fraction of sp³-hybridized carbons (Fsp3) is 0.0400. The molecule has 0 aromatic heterocycles. The normalized spacial score (nSPS) is 11.4. The molecule has 0 spiro atoms. The van der Waals surface area contributed by atoms with E-state index in [1.54, 1.807) is 0 Å². The van der Waals surface area contributed by atoms with Crippen molar-refractivity contribution in [1.29, 1.82) is 0 Å². The van der Waals surface area contributed by atoms with E-state index < -0.39 is 0 Å². The molecule has 0 nitrogen and oxygen atoms in total. The molecule has 5 aromatic rings. The summed E-state index contributed by atoms with van der Waals surface area (Å²) < 4.78 is 0. The summed E-state index contributed by atoms with van der Waals surface area (Å²) in [6, 6.07) is 35.1. The van der Waals surface area contributed by atoms with E-state index in [0.29, 0.717) is 0 Å². The molecular formula is C25H18S. The molecule has 0 heterocycles. The molecule has 26 heavy (non-hydrogen) atoms. The van der Waals surface area contributed by atoms with Crippen LogP contribution in [-0.4, -0.2) is 0 Å². The van der Waals surface area contributed by atoms with Gasteiger partial charge in [0.2, 0.25) is 0 Å². The van der Waals surface area contributed by atoms with E-state index in [1.165, 1.54) is 42.8 Å². The molecule has 1 heteroatoms. The van der Waals surface area contributed by atoms with Crippen LogP contribution in [0.2, 0.25) is 0 Å². The molecular weight excluding hydrogens is 332 g/mol. The van der Waals surface area contributed by atoms with E-state index in [1.807, 2.05) is 11.8 Å². The molecule has 0 unspecified atom stereocenters. The molecule has 0 atom stereocenters. The molecule has 0 aliphatic carbocycles. The van der Waals surface area contributed by atoms with Crippen molar-refractivity contribution < 1.29 is 0 Å². The van der Waals surface area contributed by atoms with Gasteiger partial charge in [-0.05, 0) is 56.1 Å². The molecule has 0 fully saturated rings. The molecule has 0 amide bonds. The highest BCUT2D eigenvalue weighted by Gasteiger charge is 2.08. The van der Waals surface area contributed by atoms with Crippen LogP contribution >= 0.6 is 11.8 Å². The third kappa shape index (κ3) is 2.75. The zero-order valence-electron chi connectivity index (χ0n) is 14.4.